The summed E-state index contributed by atoms with van der Waals surface area (Å²) in [5.74, 6) is 1.63. The molecule has 26 heavy (non-hydrogen) atoms. The lowest BCUT2D eigenvalue weighted by Crippen LogP contribution is -2.25. The Kier molecular flexibility index (Phi) is 5.14. The number of benzene rings is 2. The molecule has 2 aromatic carbocycles. The molecule has 0 saturated carbocycles. The molecule has 0 radical (unpaired) electrons. The zero-order valence-corrected chi connectivity index (χ0v) is 15.0. The molecule has 0 aliphatic rings. The quantitative estimate of drug-likeness (QED) is 0.660. The third kappa shape index (κ3) is 3.81. The summed E-state index contributed by atoms with van der Waals surface area (Å²) in [5, 5.41) is 11.4. The molecule has 0 spiro atoms. The second-order valence-corrected chi connectivity index (χ2v) is 6.97. The van der Waals surface area contributed by atoms with Crippen molar-refractivity contribution in [3.05, 3.63) is 54.4 Å². The maximum absolute atomic E-state index is 12.4. The van der Waals surface area contributed by atoms with Crippen LogP contribution in [-0.4, -0.2) is 42.8 Å². The Morgan fingerprint density at radius 2 is 1.54 bits per heavy atom. The van der Waals surface area contributed by atoms with Crippen LogP contribution in [0.4, 0.5) is 0 Å². The van der Waals surface area contributed by atoms with Gasteiger partial charge in [-0.15, -0.1) is 5.10 Å². The molecule has 0 amide bonds. The van der Waals surface area contributed by atoms with E-state index in [4.69, 9.17) is 9.47 Å². The number of nitrogens with one attached hydrogen (secondary N) is 1. The molecule has 3 rings (SSSR count). The number of aromatic nitrogens is 4. The molecule has 0 atom stereocenters. The molecule has 1 aromatic heterocycles. The standard InChI is InChI=1S/C16H17N5O4S/c1-24-13-5-3-12(4-6-13)21-16(18-19-20-21)11-17-26(22,23)15-9-7-14(25-2)8-10-15/h3-10,17H,11H2,1-2H3. The van der Waals surface area contributed by atoms with E-state index >= 15 is 0 Å². The van der Waals surface area contributed by atoms with Gasteiger partial charge in [0, 0.05) is 0 Å². The van der Waals surface area contributed by atoms with E-state index in [0.717, 1.165) is 0 Å². The highest BCUT2D eigenvalue weighted by Crippen LogP contribution is 2.17. The van der Waals surface area contributed by atoms with Gasteiger partial charge in [0.15, 0.2) is 5.82 Å². The summed E-state index contributed by atoms with van der Waals surface area (Å²) < 4.78 is 38.9. The smallest absolute Gasteiger partial charge is 0.240 e. The van der Waals surface area contributed by atoms with Crippen molar-refractivity contribution >= 4 is 10.0 Å². The van der Waals surface area contributed by atoms with Crippen molar-refractivity contribution in [2.75, 3.05) is 14.2 Å². The number of tetrazole rings is 1. The summed E-state index contributed by atoms with van der Waals surface area (Å²) in [7, 11) is -0.616. The maximum Gasteiger partial charge on any atom is 0.240 e. The van der Waals surface area contributed by atoms with Gasteiger partial charge in [0.25, 0.3) is 0 Å². The van der Waals surface area contributed by atoms with E-state index in [9.17, 15) is 8.42 Å². The van der Waals surface area contributed by atoms with Crippen molar-refractivity contribution in [1.82, 2.24) is 24.9 Å². The number of hydrogen-bond acceptors (Lipinski definition) is 7. The summed E-state index contributed by atoms with van der Waals surface area (Å²) in [6.45, 7) is -0.0621. The fourth-order valence-electron chi connectivity index (χ4n) is 2.24. The van der Waals surface area contributed by atoms with E-state index in [1.807, 2.05) is 0 Å². The van der Waals surface area contributed by atoms with Crippen LogP contribution >= 0.6 is 0 Å². The first-order valence-electron chi connectivity index (χ1n) is 7.59. The topological polar surface area (TPSA) is 108 Å². The SMILES string of the molecule is COc1ccc(-n2nnnc2CNS(=O)(=O)c2ccc(OC)cc2)cc1. The van der Waals surface area contributed by atoms with Crippen molar-refractivity contribution in [1.29, 1.82) is 0 Å². The fraction of sp³-hybridized carbons (Fsp3) is 0.188. The molecule has 1 heterocycles. The Labute approximate surface area is 150 Å². The largest absolute Gasteiger partial charge is 0.497 e. The zero-order valence-electron chi connectivity index (χ0n) is 14.2. The van der Waals surface area contributed by atoms with Crippen LogP contribution in [0.15, 0.2) is 53.4 Å². The predicted octanol–water partition coefficient (Wildman–Crippen LogP) is 1.16. The molecule has 0 saturated heterocycles. The number of rotatable bonds is 7. The fourth-order valence-corrected chi connectivity index (χ4v) is 3.22. The van der Waals surface area contributed by atoms with Gasteiger partial charge in [0.1, 0.15) is 11.5 Å². The number of methoxy groups -OCH3 is 2. The summed E-state index contributed by atoms with van der Waals surface area (Å²) in [5.41, 5.74) is 0.689. The molecular weight excluding hydrogens is 358 g/mol. The molecule has 9 nitrogen and oxygen atoms in total. The number of ether oxygens (including phenoxy) is 2. The Morgan fingerprint density at radius 3 is 2.12 bits per heavy atom. The molecule has 136 valence electrons. The lowest BCUT2D eigenvalue weighted by atomic mass is 10.3. The van der Waals surface area contributed by atoms with Crippen LogP contribution in [0, 0.1) is 0 Å². The van der Waals surface area contributed by atoms with E-state index in [1.54, 1.807) is 43.5 Å². The van der Waals surface area contributed by atoms with Gasteiger partial charge in [0.05, 0.1) is 31.3 Å². The highest BCUT2D eigenvalue weighted by atomic mass is 32.2. The minimum absolute atomic E-state index is 0.0621. The molecule has 3 aromatic rings. The van der Waals surface area contributed by atoms with E-state index in [-0.39, 0.29) is 11.4 Å². The molecule has 0 aliphatic heterocycles. The lowest BCUT2D eigenvalue weighted by molar-refractivity contribution is 0.414. The Bertz CT molecular complexity index is 969. The van der Waals surface area contributed by atoms with Gasteiger partial charge in [0.2, 0.25) is 10.0 Å². The Hall–Kier alpha value is -2.98. The number of sulfonamides is 1. The normalized spacial score (nSPS) is 11.3. The van der Waals surface area contributed by atoms with E-state index < -0.39 is 10.0 Å². The van der Waals surface area contributed by atoms with Crippen LogP contribution in [0.1, 0.15) is 5.82 Å². The average Bonchev–Trinajstić information content (AvgIpc) is 3.15. The van der Waals surface area contributed by atoms with Crippen molar-refractivity contribution in [3.8, 4) is 17.2 Å². The first-order chi connectivity index (χ1) is 12.5. The minimum atomic E-state index is -3.71. The van der Waals surface area contributed by atoms with E-state index in [1.165, 1.54) is 23.9 Å². The van der Waals surface area contributed by atoms with Crippen LogP contribution in [0.3, 0.4) is 0 Å². The van der Waals surface area contributed by atoms with Crippen molar-refractivity contribution in [3.63, 3.8) is 0 Å². The molecule has 1 N–H and O–H groups in total. The Balaban J connectivity index is 1.76. The van der Waals surface area contributed by atoms with Gasteiger partial charge in [-0.25, -0.2) is 13.1 Å². The van der Waals surface area contributed by atoms with Gasteiger partial charge in [-0.05, 0) is 59.0 Å². The second-order valence-electron chi connectivity index (χ2n) is 5.21. The monoisotopic (exact) mass is 375 g/mol. The van der Waals surface area contributed by atoms with Crippen molar-refractivity contribution in [2.45, 2.75) is 11.4 Å². The third-order valence-electron chi connectivity index (χ3n) is 3.64. The lowest BCUT2D eigenvalue weighted by Gasteiger charge is -2.08. The number of nitrogens with zero attached hydrogens (tertiary/aromatic N) is 4. The van der Waals surface area contributed by atoms with Crippen LogP contribution in [0.5, 0.6) is 11.5 Å². The van der Waals surface area contributed by atoms with Crippen LogP contribution in [0.25, 0.3) is 5.69 Å². The molecular formula is C16H17N5O4S. The minimum Gasteiger partial charge on any atom is -0.497 e. The van der Waals surface area contributed by atoms with Gasteiger partial charge < -0.3 is 9.47 Å². The van der Waals surface area contributed by atoms with Crippen LogP contribution in [0.2, 0.25) is 0 Å². The highest BCUT2D eigenvalue weighted by Gasteiger charge is 2.16. The zero-order chi connectivity index (χ0) is 18.6. The molecule has 10 heteroatoms. The maximum atomic E-state index is 12.4. The van der Waals surface area contributed by atoms with Gasteiger partial charge in [-0.1, -0.05) is 0 Å². The number of hydrogen-bond donors (Lipinski definition) is 1. The van der Waals surface area contributed by atoms with E-state index in [2.05, 4.69) is 20.2 Å². The molecule has 0 fully saturated rings. The van der Waals surface area contributed by atoms with Gasteiger partial charge in [-0.3, -0.25) is 0 Å². The van der Waals surface area contributed by atoms with Crippen LogP contribution in [-0.2, 0) is 16.6 Å². The molecule has 0 bridgehead atoms. The first-order valence-corrected chi connectivity index (χ1v) is 9.07. The highest BCUT2D eigenvalue weighted by molar-refractivity contribution is 7.89. The summed E-state index contributed by atoms with van der Waals surface area (Å²) >= 11 is 0. The van der Waals surface area contributed by atoms with Crippen molar-refractivity contribution < 1.29 is 17.9 Å². The van der Waals surface area contributed by atoms with Crippen molar-refractivity contribution in [2.24, 2.45) is 0 Å². The van der Waals surface area contributed by atoms with E-state index in [0.29, 0.717) is 23.0 Å². The third-order valence-corrected chi connectivity index (χ3v) is 5.06. The summed E-state index contributed by atoms with van der Waals surface area (Å²) in [6.07, 6.45) is 0. The van der Waals surface area contributed by atoms with Crippen LogP contribution < -0.4 is 14.2 Å². The summed E-state index contributed by atoms with van der Waals surface area (Å²) in [6, 6.07) is 13.2. The molecule has 0 aliphatic carbocycles. The summed E-state index contributed by atoms with van der Waals surface area (Å²) in [4.78, 5) is 0.127. The van der Waals surface area contributed by atoms with Gasteiger partial charge >= 0.3 is 0 Å². The average molecular weight is 375 g/mol. The van der Waals surface area contributed by atoms with Gasteiger partial charge in [-0.2, -0.15) is 4.68 Å². The first kappa shape index (κ1) is 17.8. The predicted molar refractivity (Wildman–Crippen MR) is 92.7 cm³/mol. The second kappa shape index (κ2) is 7.50. The molecule has 0 unspecified atom stereocenters. The Morgan fingerprint density at radius 1 is 0.962 bits per heavy atom.